The molecule has 0 radical (unpaired) electrons. The van der Waals surface area contributed by atoms with Gasteiger partial charge in [-0.15, -0.1) is 24.0 Å². The molecule has 0 atom stereocenters. The minimum atomic E-state index is 0. The third kappa shape index (κ3) is 8.43. The van der Waals surface area contributed by atoms with Crippen molar-refractivity contribution >= 4 is 29.9 Å². The van der Waals surface area contributed by atoms with Crippen LogP contribution in [0.25, 0.3) is 0 Å². The van der Waals surface area contributed by atoms with Crippen molar-refractivity contribution in [3.05, 3.63) is 0 Å². The first-order valence-corrected chi connectivity index (χ1v) is 10.1. The molecular formula is C19H40IN5. The zero-order valence-corrected chi connectivity index (χ0v) is 19.1. The van der Waals surface area contributed by atoms with Gasteiger partial charge < -0.3 is 20.4 Å². The second kappa shape index (κ2) is 12.3. The van der Waals surface area contributed by atoms with Gasteiger partial charge in [-0.2, -0.15) is 0 Å². The highest BCUT2D eigenvalue weighted by Crippen LogP contribution is 2.15. The SMILES string of the molecule is CCNC(=NCCN1CCC(C)CC1)NC1CCN(C(C)C)CC1.I. The fraction of sp³-hybridized carbons (Fsp3) is 0.947. The molecule has 0 amide bonds. The number of guanidine groups is 1. The Labute approximate surface area is 172 Å². The molecule has 2 aliphatic rings. The van der Waals surface area contributed by atoms with Gasteiger partial charge >= 0.3 is 0 Å². The fourth-order valence-corrected chi connectivity index (χ4v) is 3.66. The molecule has 0 aromatic carbocycles. The van der Waals surface area contributed by atoms with Gasteiger partial charge in [0, 0.05) is 38.3 Å². The molecule has 2 fully saturated rings. The summed E-state index contributed by atoms with van der Waals surface area (Å²) >= 11 is 0. The van der Waals surface area contributed by atoms with Crippen LogP contribution in [0.2, 0.25) is 0 Å². The van der Waals surface area contributed by atoms with Gasteiger partial charge in [-0.1, -0.05) is 6.92 Å². The number of hydrogen-bond acceptors (Lipinski definition) is 3. The molecule has 0 aliphatic carbocycles. The molecule has 148 valence electrons. The van der Waals surface area contributed by atoms with Gasteiger partial charge in [0.2, 0.25) is 0 Å². The number of aliphatic imine (C=N–C) groups is 1. The summed E-state index contributed by atoms with van der Waals surface area (Å²) in [5, 5.41) is 7.07. The van der Waals surface area contributed by atoms with E-state index in [0.717, 1.165) is 31.5 Å². The molecule has 2 rings (SSSR count). The summed E-state index contributed by atoms with van der Waals surface area (Å²) in [6.07, 6.45) is 5.12. The lowest BCUT2D eigenvalue weighted by Gasteiger charge is -2.35. The predicted molar refractivity (Wildman–Crippen MR) is 119 cm³/mol. The Balaban J connectivity index is 0.00000312. The number of piperidine rings is 2. The Hall–Kier alpha value is -0.0800. The Kier molecular flexibility index (Phi) is 11.3. The first-order valence-electron chi connectivity index (χ1n) is 10.1. The van der Waals surface area contributed by atoms with E-state index < -0.39 is 0 Å². The van der Waals surface area contributed by atoms with Crippen molar-refractivity contribution in [2.75, 3.05) is 45.8 Å². The third-order valence-corrected chi connectivity index (χ3v) is 5.51. The summed E-state index contributed by atoms with van der Waals surface area (Å²) in [5.41, 5.74) is 0. The van der Waals surface area contributed by atoms with Crippen molar-refractivity contribution < 1.29 is 0 Å². The summed E-state index contributed by atoms with van der Waals surface area (Å²) in [7, 11) is 0. The van der Waals surface area contributed by atoms with Crippen LogP contribution in [0.1, 0.15) is 53.4 Å². The number of nitrogens with zero attached hydrogens (tertiary/aromatic N) is 3. The van der Waals surface area contributed by atoms with Gasteiger partial charge in [0.15, 0.2) is 5.96 Å². The van der Waals surface area contributed by atoms with Gasteiger partial charge in [0.05, 0.1) is 6.54 Å². The molecule has 0 aromatic heterocycles. The highest BCUT2D eigenvalue weighted by atomic mass is 127. The van der Waals surface area contributed by atoms with Crippen LogP contribution in [0, 0.1) is 5.92 Å². The predicted octanol–water partition coefficient (Wildman–Crippen LogP) is 2.76. The summed E-state index contributed by atoms with van der Waals surface area (Å²) in [6.45, 7) is 16.9. The standard InChI is InChI=1S/C19H39N5.HI/c1-5-20-19(21-10-15-23-11-6-17(4)7-12-23)22-18-8-13-24(14-9-18)16(2)3;/h16-18H,5-15H2,1-4H3,(H2,20,21,22);1H. The molecule has 0 aromatic rings. The number of rotatable bonds is 6. The average molecular weight is 465 g/mol. The monoisotopic (exact) mass is 465 g/mol. The summed E-state index contributed by atoms with van der Waals surface area (Å²) in [6, 6.07) is 1.23. The summed E-state index contributed by atoms with van der Waals surface area (Å²) < 4.78 is 0. The number of likely N-dealkylation sites (tertiary alicyclic amines) is 2. The second-order valence-corrected chi connectivity index (χ2v) is 7.83. The van der Waals surface area contributed by atoms with Crippen molar-refractivity contribution in [3.8, 4) is 0 Å². The lowest BCUT2D eigenvalue weighted by atomic mass is 9.99. The molecule has 2 saturated heterocycles. The van der Waals surface area contributed by atoms with Crippen LogP contribution in [0.15, 0.2) is 4.99 Å². The van der Waals surface area contributed by atoms with E-state index in [1.54, 1.807) is 0 Å². The van der Waals surface area contributed by atoms with Crippen LogP contribution in [-0.4, -0.2) is 73.7 Å². The highest BCUT2D eigenvalue weighted by molar-refractivity contribution is 14.0. The zero-order valence-electron chi connectivity index (χ0n) is 16.8. The second-order valence-electron chi connectivity index (χ2n) is 7.83. The van der Waals surface area contributed by atoms with Gasteiger partial charge in [0.25, 0.3) is 0 Å². The van der Waals surface area contributed by atoms with E-state index in [1.165, 1.54) is 51.9 Å². The maximum atomic E-state index is 4.81. The number of hydrogen-bond donors (Lipinski definition) is 2. The summed E-state index contributed by atoms with van der Waals surface area (Å²) in [4.78, 5) is 9.95. The van der Waals surface area contributed by atoms with Crippen molar-refractivity contribution in [2.24, 2.45) is 10.9 Å². The average Bonchev–Trinajstić information content (AvgIpc) is 2.57. The minimum Gasteiger partial charge on any atom is -0.357 e. The van der Waals surface area contributed by atoms with Crippen molar-refractivity contribution in [3.63, 3.8) is 0 Å². The van der Waals surface area contributed by atoms with Crippen LogP contribution in [0.4, 0.5) is 0 Å². The van der Waals surface area contributed by atoms with E-state index >= 15 is 0 Å². The molecule has 0 spiro atoms. The van der Waals surface area contributed by atoms with Crippen LogP contribution < -0.4 is 10.6 Å². The fourth-order valence-electron chi connectivity index (χ4n) is 3.66. The molecule has 2 N–H and O–H groups in total. The van der Waals surface area contributed by atoms with Crippen LogP contribution in [0.5, 0.6) is 0 Å². The zero-order chi connectivity index (χ0) is 17.4. The Morgan fingerprint density at radius 3 is 2.28 bits per heavy atom. The van der Waals surface area contributed by atoms with E-state index in [0.29, 0.717) is 12.1 Å². The third-order valence-electron chi connectivity index (χ3n) is 5.51. The Morgan fingerprint density at radius 2 is 1.72 bits per heavy atom. The van der Waals surface area contributed by atoms with Gasteiger partial charge in [-0.3, -0.25) is 4.99 Å². The molecule has 25 heavy (non-hydrogen) atoms. The lowest BCUT2D eigenvalue weighted by Crippen LogP contribution is -2.50. The van der Waals surface area contributed by atoms with Crippen molar-refractivity contribution in [1.29, 1.82) is 0 Å². The normalized spacial score (nSPS) is 22.0. The number of nitrogens with one attached hydrogen (secondary N) is 2. The largest absolute Gasteiger partial charge is 0.357 e. The highest BCUT2D eigenvalue weighted by Gasteiger charge is 2.21. The Morgan fingerprint density at radius 1 is 1.08 bits per heavy atom. The minimum absolute atomic E-state index is 0. The van der Waals surface area contributed by atoms with E-state index in [4.69, 9.17) is 4.99 Å². The van der Waals surface area contributed by atoms with E-state index in [2.05, 4.69) is 48.1 Å². The quantitative estimate of drug-likeness (QED) is 0.360. The van der Waals surface area contributed by atoms with Crippen LogP contribution in [0.3, 0.4) is 0 Å². The van der Waals surface area contributed by atoms with Crippen LogP contribution >= 0.6 is 24.0 Å². The van der Waals surface area contributed by atoms with Crippen LogP contribution in [-0.2, 0) is 0 Å². The van der Waals surface area contributed by atoms with Gasteiger partial charge in [-0.25, -0.2) is 0 Å². The molecule has 6 heteroatoms. The first kappa shape index (κ1) is 23.0. The molecule has 5 nitrogen and oxygen atoms in total. The molecule has 0 saturated carbocycles. The maximum absolute atomic E-state index is 4.81. The van der Waals surface area contributed by atoms with Crippen molar-refractivity contribution in [2.45, 2.75) is 65.5 Å². The lowest BCUT2D eigenvalue weighted by molar-refractivity contribution is 0.167. The molecule has 2 aliphatic heterocycles. The van der Waals surface area contributed by atoms with E-state index in [9.17, 15) is 0 Å². The van der Waals surface area contributed by atoms with Crippen molar-refractivity contribution in [1.82, 2.24) is 20.4 Å². The Bertz CT molecular complexity index is 372. The first-order chi connectivity index (χ1) is 11.6. The molecule has 2 heterocycles. The smallest absolute Gasteiger partial charge is 0.191 e. The molecule has 0 bridgehead atoms. The number of halogens is 1. The van der Waals surface area contributed by atoms with Gasteiger partial charge in [-0.05, 0) is 65.5 Å². The maximum Gasteiger partial charge on any atom is 0.191 e. The molecular weight excluding hydrogens is 425 g/mol. The van der Waals surface area contributed by atoms with Gasteiger partial charge in [0.1, 0.15) is 0 Å². The molecule has 0 unspecified atom stereocenters. The van der Waals surface area contributed by atoms with E-state index in [-0.39, 0.29) is 24.0 Å². The van der Waals surface area contributed by atoms with E-state index in [1.807, 2.05) is 0 Å². The topological polar surface area (TPSA) is 42.9 Å². The summed E-state index contributed by atoms with van der Waals surface area (Å²) in [5.74, 6) is 1.91.